The summed E-state index contributed by atoms with van der Waals surface area (Å²) in [5.41, 5.74) is 4.40. The highest BCUT2D eigenvalue weighted by molar-refractivity contribution is 6.22. The lowest BCUT2D eigenvalue weighted by Gasteiger charge is -2.55. The van der Waals surface area contributed by atoms with Gasteiger partial charge in [0.05, 0.1) is 22.9 Å². The molecule has 1 fully saturated rings. The van der Waals surface area contributed by atoms with E-state index in [9.17, 15) is 14.0 Å². The third kappa shape index (κ3) is 4.43. The molecule has 5 unspecified atom stereocenters. The predicted molar refractivity (Wildman–Crippen MR) is 168 cm³/mol. The minimum atomic E-state index is -1.01. The zero-order valence-corrected chi connectivity index (χ0v) is 26.1. The molecule has 0 aliphatic heterocycles. The number of halogens is 1. The molecule has 1 heterocycles. The van der Waals surface area contributed by atoms with Crippen LogP contribution < -0.4 is 4.74 Å². The second kappa shape index (κ2) is 11.1. The number of rotatable bonds is 7. The van der Waals surface area contributed by atoms with Crippen molar-refractivity contribution >= 4 is 22.7 Å². The maximum atomic E-state index is 15.0. The number of carbonyl (C=O) groups is 2. The van der Waals surface area contributed by atoms with Gasteiger partial charge in [-0.05, 0) is 104 Å². The van der Waals surface area contributed by atoms with Crippen LogP contribution in [0, 0.1) is 35.9 Å². The van der Waals surface area contributed by atoms with Crippen molar-refractivity contribution in [2.75, 3.05) is 14.1 Å². The summed E-state index contributed by atoms with van der Waals surface area (Å²) in [6.07, 6.45) is 1.71. The van der Waals surface area contributed by atoms with Gasteiger partial charge in [0.25, 0.3) is 5.88 Å². The van der Waals surface area contributed by atoms with Gasteiger partial charge in [-0.3, -0.25) is 14.5 Å². The first-order chi connectivity index (χ1) is 21.0. The molecule has 3 aliphatic rings. The molecule has 1 saturated carbocycles. The summed E-state index contributed by atoms with van der Waals surface area (Å²) >= 11 is 0. The fraction of sp³-hybridized carbons (Fsp3) is 0.378. The molecule has 6 rings (SSSR count). The normalized spacial score (nSPS) is 26.4. The van der Waals surface area contributed by atoms with Crippen molar-refractivity contribution in [3.05, 3.63) is 107 Å². The highest BCUT2D eigenvalue weighted by Gasteiger charge is 2.64. The molecule has 44 heavy (non-hydrogen) atoms. The molecule has 0 amide bonds. The van der Waals surface area contributed by atoms with E-state index in [1.54, 1.807) is 6.07 Å². The average Bonchev–Trinajstić information content (AvgIpc) is 3.41. The lowest BCUT2D eigenvalue weighted by molar-refractivity contribution is -0.148. The quantitative estimate of drug-likeness (QED) is 0.263. The van der Waals surface area contributed by atoms with E-state index < -0.39 is 17.2 Å². The van der Waals surface area contributed by atoms with Crippen LogP contribution in [0.4, 0.5) is 4.39 Å². The molecule has 0 radical (unpaired) electrons. The molecule has 5 atom stereocenters. The fourth-order valence-corrected chi connectivity index (χ4v) is 8.21. The van der Waals surface area contributed by atoms with E-state index in [4.69, 9.17) is 9.26 Å². The zero-order chi connectivity index (χ0) is 31.5. The molecule has 0 spiro atoms. The highest BCUT2D eigenvalue weighted by atomic mass is 19.1. The van der Waals surface area contributed by atoms with Crippen molar-refractivity contribution in [1.29, 1.82) is 0 Å². The van der Waals surface area contributed by atoms with Crippen LogP contribution in [0.15, 0.2) is 77.4 Å². The number of hydrogen-bond donors (Lipinski definition) is 0. The average molecular weight is 595 g/mol. The Morgan fingerprint density at radius 3 is 2.57 bits per heavy atom. The van der Waals surface area contributed by atoms with Crippen molar-refractivity contribution in [2.24, 2.45) is 23.2 Å². The molecule has 2 aromatic carbocycles. The number of aryl methyl sites for hydroxylation is 1. The van der Waals surface area contributed by atoms with E-state index in [1.165, 1.54) is 12.1 Å². The number of fused-ring (bicyclic) bond motifs is 3. The van der Waals surface area contributed by atoms with Crippen LogP contribution in [0.2, 0.25) is 0 Å². The van der Waals surface area contributed by atoms with Crippen molar-refractivity contribution in [3.8, 4) is 5.88 Å². The maximum Gasteiger partial charge on any atom is 0.262 e. The summed E-state index contributed by atoms with van der Waals surface area (Å²) in [5, 5.41) is 4.33. The second-order valence-electron chi connectivity index (χ2n) is 12.8. The van der Waals surface area contributed by atoms with Crippen molar-refractivity contribution in [2.45, 2.75) is 52.7 Å². The first-order valence-electron chi connectivity index (χ1n) is 15.3. The number of aromatic nitrogens is 1. The lowest BCUT2D eigenvalue weighted by Crippen LogP contribution is -2.58. The highest BCUT2D eigenvalue weighted by Crippen LogP contribution is 2.64. The van der Waals surface area contributed by atoms with Gasteiger partial charge in [0, 0.05) is 5.57 Å². The fourth-order valence-electron chi connectivity index (χ4n) is 8.21. The molecule has 3 aromatic rings. The smallest absolute Gasteiger partial charge is 0.262 e. The van der Waals surface area contributed by atoms with Gasteiger partial charge in [-0.2, -0.15) is 0 Å². The van der Waals surface area contributed by atoms with Crippen LogP contribution in [-0.2, 0) is 16.2 Å². The van der Waals surface area contributed by atoms with Crippen LogP contribution >= 0.6 is 0 Å². The van der Waals surface area contributed by atoms with Crippen LogP contribution in [0.1, 0.15) is 67.2 Å². The summed E-state index contributed by atoms with van der Waals surface area (Å²) < 4.78 is 26.4. The molecule has 0 bridgehead atoms. The summed E-state index contributed by atoms with van der Waals surface area (Å²) in [6, 6.07) is 14.0. The molecule has 6 nitrogen and oxygen atoms in total. The summed E-state index contributed by atoms with van der Waals surface area (Å²) in [7, 11) is 3.96. The van der Waals surface area contributed by atoms with Crippen LogP contribution in [-0.4, -0.2) is 35.7 Å². The molecule has 0 saturated heterocycles. The zero-order valence-electron chi connectivity index (χ0n) is 26.1. The maximum absolute atomic E-state index is 15.0. The number of ether oxygens (including phenoxy) is 1. The molecule has 0 N–H and O–H groups in total. The summed E-state index contributed by atoms with van der Waals surface area (Å²) in [4.78, 5) is 31.5. The first-order valence-corrected chi connectivity index (χ1v) is 15.3. The number of nitrogens with zero attached hydrogens (tertiary/aromatic N) is 2. The van der Waals surface area contributed by atoms with E-state index in [0.717, 1.165) is 16.7 Å². The van der Waals surface area contributed by atoms with Crippen LogP contribution in [0.3, 0.4) is 0 Å². The molecule has 3 aliphatic carbocycles. The van der Waals surface area contributed by atoms with E-state index >= 15 is 0 Å². The minimum Gasteiger partial charge on any atom is -0.470 e. The number of carbonyl (C=O) groups excluding carboxylic acids is 2. The molecule has 1 aromatic heterocycles. The Bertz CT molecular complexity index is 1720. The van der Waals surface area contributed by atoms with Gasteiger partial charge in [-0.15, -0.1) is 0 Å². The predicted octanol–water partition coefficient (Wildman–Crippen LogP) is 7.55. The van der Waals surface area contributed by atoms with Gasteiger partial charge < -0.3 is 9.26 Å². The van der Waals surface area contributed by atoms with Gasteiger partial charge in [0.15, 0.2) is 17.3 Å². The Labute approximate surface area is 258 Å². The molecular weight excluding hydrogens is 555 g/mol. The SMILES string of the molecule is C=C(C1=C(C)CC2CC3C(N(C)C)c4onc(OCc5ccccc5)c4C(=C)C3(CC)C(=O)C2C1=O)c1cc(F)ccc1C. The third-order valence-corrected chi connectivity index (χ3v) is 10.2. The van der Waals surface area contributed by atoms with Crippen molar-refractivity contribution in [3.63, 3.8) is 0 Å². The van der Waals surface area contributed by atoms with Gasteiger partial charge >= 0.3 is 0 Å². The van der Waals surface area contributed by atoms with E-state index in [2.05, 4.69) is 23.2 Å². The number of hydrogen-bond acceptors (Lipinski definition) is 6. The Hall–Kier alpha value is -4.10. The molecular formula is C37H39FN2O4. The monoisotopic (exact) mass is 594 g/mol. The molecule has 228 valence electrons. The van der Waals surface area contributed by atoms with E-state index in [0.29, 0.717) is 58.7 Å². The van der Waals surface area contributed by atoms with Gasteiger partial charge in [0.2, 0.25) is 0 Å². The Kier molecular flexibility index (Phi) is 7.57. The van der Waals surface area contributed by atoms with Crippen LogP contribution in [0.25, 0.3) is 11.1 Å². The van der Waals surface area contributed by atoms with E-state index in [1.807, 2.05) is 65.2 Å². The summed E-state index contributed by atoms with van der Waals surface area (Å²) in [6.45, 7) is 14.8. The van der Waals surface area contributed by atoms with E-state index in [-0.39, 0.29) is 36.1 Å². The third-order valence-electron chi connectivity index (χ3n) is 10.2. The second-order valence-corrected chi connectivity index (χ2v) is 12.8. The van der Waals surface area contributed by atoms with Crippen LogP contribution in [0.5, 0.6) is 5.88 Å². The topological polar surface area (TPSA) is 72.6 Å². The first kappa shape index (κ1) is 29.9. The van der Waals surface area contributed by atoms with Gasteiger partial charge in [0.1, 0.15) is 12.4 Å². The largest absolute Gasteiger partial charge is 0.470 e. The summed E-state index contributed by atoms with van der Waals surface area (Å²) in [5.74, 6) is -0.954. The van der Waals surface area contributed by atoms with Crippen molar-refractivity contribution < 1.29 is 23.2 Å². The minimum absolute atomic E-state index is 0.113. The number of allylic oxidation sites excluding steroid dienone is 4. The van der Waals surface area contributed by atoms with Gasteiger partial charge in [-0.1, -0.05) is 62.1 Å². The lowest BCUT2D eigenvalue weighted by atomic mass is 9.47. The Morgan fingerprint density at radius 1 is 1.16 bits per heavy atom. The number of ketones is 2. The van der Waals surface area contributed by atoms with Gasteiger partial charge in [-0.25, -0.2) is 4.39 Å². The number of benzene rings is 2. The standard InChI is InChI=1S/C37H39FN2O4/c1-8-37-23(5)30-34(44-39-36(30)43-19-24-12-10-9-11-13-24)32(40(6)7)28(37)17-25-16-21(3)29(33(41)31(25)35(37)42)22(4)27-18-26(38)15-14-20(27)2/h9-15,18,25,28,31-32H,4-5,8,16-17,19H2,1-3,6-7H3. The number of Topliss-reactive ketones (excluding diaryl/α,β-unsaturated/α-hetero) is 2. The Balaban J connectivity index is 1.42. The van der Waals surface area contributed by atoms with Crippen molar-refractivity contribution in [1.82, 2.24) is 10.1 Å². The molecule has 7 heteroatoms. The Morgan fingerprint density at radius 2 is 1.89 bits per heavy atom.